The molecule has 0 radical (unpaired) electrons. The van der Waals surface area contributed by atoms with E-state index in [0.29, 0.717) is 5.69 Å². The third-order valence-corrected chi connectivity index (χ3v) is 4.95. The van der Waals surface area contributed by atoms with Crippen LogP contribution in [0.1, 0.15) is 16.8 Å². The van der Waals surface area contributed by atoms with Gasteiger partial charge in [0.05, 0.1) is 24.0 Å². The molecule has 0 aliphatic carbocycles. The van der Waals surface area contributed by atoms with Crippen molar-refractivity contribution in [2.24, 2.45) is 0 Å². The molecule has 2 aromatic rings. The number of nitrogens with zero attached hydrogens (tertiary/aromatic N) is 1. The Balaban J connectivity index is 1.70. The van der Waals surface area contributed by atoms with Crippen LogP contribution in [0.2, 0.25) is 0 Å². The summed E-state index contributed by atoms with van der Waals surface area (Å²) in [5, 5.41) is 1.37. The number of carbonyl (C=O) groups excluding carboxylic acids is 4. The molecule has 1 aliphatic heterocycles. The number of rotatable bonds is 5. The van der Waals surface area contributed by atoms with Gasteiger partial charge in [0.1, 0.15) is 5.25 Å². The minimum Gasteiger partial charge on any atom is -0.465 e. The minimum atomic E-state index is -0.817. The Morgan fingerprint density at radius 3 is 2.44 bits per heavy atom. The van der Waals surface area contributed by atoms with Gasteiger partial charge in [0.25, 0.3) is 5.24 Å². The highest BCUT2D eigenvalue weighted by Crippen LogP contribution is 2.33. The molecule has 1 aliphatic rings. The molecule has 0 aromatic heterocycles. The summed E-state index contributed by atoms with van der Waals surface area (Å²) in [5.41, 5.74) is 0.968. The number of ether oxygens (including phenoxy) is 1. The van der Waals surface area contributed by atoms with E-state index in [1.54, 1.807) is 48.5 Å². The molecule has 1 fully saturated rings. The minimum absolute atomic E-state index is 0.186. The maximum absolute atomic E-state index is 12.6. The van der Waals surface area contributed by atoms with E-state index in [4.69, 9.17) is 0 Å². The van der Waals surface area contributed by atoms with E-state index in [1.807, 2.05) is 0 Å². The third-order valence-electron chi connectivity index (χ3n) is 3.91. The van der Waals surface area contributed by atoms with E-state index < -0.39 is 28.3 Å². The number of para-hydroxylation sites is 2. The Morgan fingerprint density at radius 1 is 1.07 bits per heavy atom. The Morgan fingerprint density at radius 2 is 1.74 bits per heavy atom. The lowest BCUT2D eigenvalue weighted by atomic mass is 10.1. The molecule has 3 rings (SSSR count). The molecular weight excluding hydrogens is 368 g/mol. The van der Waals surface area contributed by atoms with Crippen molar-refractivity contribution in [2.45, 2.75) is 11.7 Å². The van der Waals surface area contributed by atoms with Gasteiger partial charge in [-0.05, 0) is 36.0 Å². The fraction of sp³-hybridized carbons (Fsp3) is 0.158. The molecule has 1 N–H and O–H groups in total. The van der Waals surface area contributed by atoms with Crippen molar-refractivity contribution < 1.29 is 23.9 Å². The average molecular weight is 384 g/mol. The van der Waals surface area contributed by atoms with Crippen molar-refractivity contribution >= 4 is 46.2 Å². The number of carbonyl (C=O) groups is 4. The van der Waals surface area contributed by atoms with Gasteiger partial charge in [-0.1, -0.05) is 30.3 Å². The summed E-state index contributed by atoms with van der Waals surface area (Å²) in [6.07, 6.45) is -0.186. The fourth-order valence-electron chi connectivity index (χ4n) is 2.65. The summed E-state index contributed by atoms with van der Waals surface area (Å²) in [5.74, 6) is -1.49. The zero-order chi connectivity index (χ0) is 19.4. The van der Waals surface area contributed by atoms with Crippen LogP contribution in [0.4, 0.5) is 16.2 Å². The average Bonchev–Trinajstić information content (AvgIpc) is 2.95. The molecule has 27 heavy (non-hydrogen) atoms. The summed E-state index contributed by atoms with van der Waals surface area (Å²) in [4.78, 5) is 50.0. The molecule has 8 heteroatoms. The first-order chi connectivity index (χ1) is 13.0. The van der Waals surface area contributed by atoms with Gasteiger partial charge in [-0.25, -0.2) is 9.69 Å². The quantitative estimate of drug-likeness (QED) is 0.797. The lowest BCUT2D eigenvalue weighted by Gasteiger charge is -2.14. The van der Waals surface area contributed by atoms with Crippen LogP contribution in [0.5, 0.6) is 0 Å². The van der Waals surface area contributed by atoms with E-state index in [9.17, 15) is 19.2 Å². The van der Waals surface area contributed by atoms with Crippen LogP contribution in [0.25, 0.3) is 0 Å². The number of benzene rings is 2. The first-order valence-corrected chi connectivity index (χ1v) is 8.96. The number of methoxy groups -OCH3 is 1. The zero-order valence-corrected chi connectivity index (χ0v) is 15.2. The molecule has 0 saturated carbocycles. The first-order valence-electron chi connectivity index (χ1n) is 8.08. The van der Waals surface area contributed by atoms with Gasteiger partial charge in [-0.2, -0.15) is 0 Å². The van der Waals surface area contributed by atoms with Crippen molar-refractivity contribution in [2.75, 3.05) is 17.3 Å². The number of hydrogen-bond acceptors (Lipinski definition) is 6. The third kappa shape index (κ3) is 4.01. The van der Waals surface area contributed by atoms with Crippen LogP contribution >= 0.6 is 11.8 Å². The maximum Gasteiger partial charge on any atom is 0.339 e. The number of imide groups is 1. The van der Waals surface area contributed by atoms with Gasteiger partial charge in [-0.3, -0.25) is 14.4 Å². The maximum atomic E-state index is 12.6. The zero-order valence-electron chi connectivity index (χ0n) is 14.4. The Kier molecular flexibility index (Phi) is 5.56. The number of hydrogen-bond donors (Lipinski definition) is 1. The van der Waals surface area contributed by atoms with E-state index in [-0.39, 0.29) is 17.7 Å². The van der Waals surface area contributed by atoms with Crippen LogP contribution in [0.3, 0.4) is 0 Å². The van der Waals surface area contributed by atoms with Gasteiger partial charge < -0.3 is 10.1 Å². The van der Waals surface area contributed by atoms with E-state index >= 15 is 0 Å². The van der Waals surface area contributed by atoms with Gasteiger partial charge >= 0.3 is 5.97 Å². The predicted molar refractivity (Wildman–Crippen MR) is 102 cm³/mol. The van der Waals surface area contributed by atoms with Crippen molar-refractivity contribution in [3.63, 3.8) is 0 Å². The molecule has 0 unspecified atom stereocenters. The van der Waals surface area contributed by atoms with Crippen molar-refractivity contribution in [1.82, 2.24) is 0 Å². The van der Waals surface area contributed by atoms with E-state index in [0.717, 1.165) is 16.7 Å². The molecular formula is C19H16N2O5S. The largest absolute Gasteiger partial charge is 0.465 e. The van der Waals surface area contributed by atoms with Crippen molar-refractivity contribution in [1.29, 1.82) is 0 Å². The number of amides is 3. The van der Waals surface area contributed by atoms with Gasteiger partial charge in [-0.15, -0.1) is 0 Å². The molecule has 0 spiro atoms. The second-order valence-corrected chi connectivity index (χ2v) is 6.83. The highest BCUT2D eigenvalue weighted by Gasteiger charge is 2.41. The number of thioether (sulfide) groups is 1. The summed E-state index contributed by atoms with van der Waals surface area (Å²) < 4.78 is 4.69. The predicted octanol–water partition coefficient (Wildman–Crippen LogP) is 3.07. The number of nitrogens with one attached hydrogen (secondary N) is 1. The number of anilines is 2. The van der Waals surface area contributed by atoms with Crippen LogP contribution in [0, 0.1) is 0 Å². The summed E-state index contributed by atoms with van der Waals surface area (Å²) in [6.45, 7) is 0. The summed E-state index contributed by atoms with van der Waals surface area (Å²) >= 11 is 0.815. The number of esters is 1. The Bertz CT molecular complexity index is 900. The highest BCUT2D eigenvalue weighted by molar-refractivity contribution is 8.15. The molecule has 0 bridgehead atoms. The highest BCUT2D eigenvalue weighted by atomic mass is 32.2. The van der Waals surface area contributed by atoms with Crippen LogP contribution in [0.15, 0.2) is 54.6 Å². The molecule has 2 aromatic carbocycles. The van der Waals surface area contributed by atoms with Crippen LogP contribution < -0.4 is 10.2 Å². The molecule has 1 atom stereocenters. The fourth-order valence-corrected chi connectivity index (χ4v) is 3.63. The molecule has 138 valence electrons. The standard InChI is InChI=1S/C19H16N2O5S/c1-26-18(24)13-9-5-6-10-14(13)20-16(22)11-15-17(23)21(19(25)27-15)12-7-3-2-4-8-12/h2-10,15H,11H2,1H3,(H,20,22)/t15-/m1/s1. The Hall–Kier alpha value is -3.13. The van der Waals surface area contributed by atoms with Crippen molar-refractivity contribution in [3.8, 4) is 0 Å². The topological polar surface area (TPSA) is 92.8 Å². The second kappa shape index (κ2) is 8.05. The molecule has 7 nitrogen and oxygen atoms in total. The molecule has 1 heterocycles. The molecule has 1 saturated heterocycles. The smallest absolute Gasteiger partial charge is 0.339 e. The molecule has 3 amide bonds. The van der Waals surface area contributed by atoms with Crippen molar-refractivity contribution in [3.05, 3.63) is 60.2 Å². The van der Waals surface area contributed by atoms with Gasteiger partial charge in [0.2, 0.25) is 11.8 Å². The van der Waals surface area contributed by atoms with Crippen LogP contribution in [-0.2, 0) is 14.3 Å². The summed E-state index contributed by atoms with van der Waals surface area (Å²) in [6, 6.07) is 15.0. The van der Waals surface area contributed by atoms with E-state index in [2.05, 4.69) is 10.1 Å². The van der Waals surface area contributed by atoms with Gasteiger partial charge in [0, 0.05) is 6.42 Å². The first kappa shape index (κ1) is 18.7. The summed E-state index contributed by atoms with van der Waals surface area (Å²) in [7, 11) is 1.25. The normalized spacial score (nSPS) is 16.3. The lowest BCUT2D eigenvalue weighted by molar-refractivity contribution is -0.121. The SMILES string of the molecule is COC(=O)c1ccccc1NC(=O)C[C@H]1SC(=O)N(c2ccccc2)C1=O. The Labute approximate surface area is 159 Å². The van der Waals surface area contributed by atoms with Crippen LogP contribution in [-0.4, -0.2) is 35.4 Å². The monoisotopic (exact) mass is 384 g/mol. The second-order valence-electron chi connectivity index (χ2n) is 5.67. The van der Waals surface area contributed by atoms with Gasteiger partial charge in [0.15, 0.2) is 0 Å². The lowest BCUT2D eigenvalue weighted by Crippen LogP contribution is -2.33. The van der Waals surface area contributed by atoms with E-state index in [1.165, 1.54) is 13.2 Å².